The second-order valence-electron chi connectivity index (χ2n) is 5.91. The quantitative estimate of drug-likeness (QED) is 0.603. The maximum atomic E-state index is 12.4. The molecule has 0 aromatic heterocycles. The summed E-state index contributed by atoms with van der Waals surface area (Å²) in [6.45, 7) is 2.08. The van der Waals surface area contributed by atoms with Gasteiger partial charge in [-0.05, 0) is 61.0 Å². The first-order valence-corrected chi connectivity index (χ1v) is 10.00. The number of halogens is 1. The maximum Gasteiger partial charge on any atom is 0.261 e. The van der Waals surface area contributed by atoms with Gasteiger partial charge in [-0.25, -0.2) is 8.42 Å². The highest BCUT2D eigenvalue weighted by atomic mass is 35.5. The molecule has 0 aliphatic carbocycles. The van der Waals surface area contributed by atoms with E-state index in [0.29, 0.717) is 10.7 Å². The Morgan fingerprint density at radius 3 is 2.00 bits per heavy atom. The van der Waals surface area contributed by atoms with Gasteiger partial charge in [-0.3, -0.25) is 4.72 Å². The third-order valence-corrected chi connectivity index (χ3v) is 5.59. The van der Waals surface area contributed by atoms with Gasteiger partial charge in [0.1, 0.15) is 0 Å². The Labute approximate surface area is 158 Å². The first-order chi connectivity index (χ1) is 12.4. The Hall–Kier alpha value is -2.50. The van der Waals surface area contributed by atoms with E-state index in [1.807, 2.05) is 30.3 Å². The van der Waals surface area contributed by atoms with Crippen molar-refractivity contribution in [3.05, 3.63) is 89.4 Å². The van der Waals surface area contributed by atoms with Gasteiger partial charge in [0.2, 0.25) is 0 Å². The molecule has 6 heteroatoms. The zero-order valence-corrected chi connectivity index (χ0v) is 15.8. The predicted molar refractivity (Wildman–Crippen MR) is 107 cm³/mol. The summed E-state index contributed by atoms with van der Waals surface area (Å²) < 4.78 is 27.3. The van der Waals surface area contributed by atoms with Crippen LogP contribution in [-0.4, -0.2) is 8.42 Å². The molecule has 0 spiro atoms. The molecule has 3 aromatic carbocycles. The fraction of sp³-hybridized carbons (Fsp3) is 0.100. The molecule has 0 amide bonds. The van der Waals surface area contributed by atoms with Crippen LogP contribution in [0.4, 0.5) is 11.4 Å². The van der Waals surface area contributed by atoms with Crippen molar-refractivity contribution in [2.45, 2.75) is 17.9 Å². The average molecular weight is 387 g/mol. The molecular weight excluding hydrogens is 368 g/mol. The molecule has 4 nitrogen and oxygen atoms in total. The van der Waals surface area contributed by atoms with E-state index in [1.54, 1.807) is 24.3 Å². The molecule has 134 valence electrons. The normalized spacial score (nSPS) is 12.4. The van der Waals surface area contributed by atoms with E-state index in [-0.39, 0.29) is 10.9 Å². The summed E-state index contributed by atoms with van der Waals surface area (Å²) in [6, 6.07) is 23.5. The number of benzene rings is 3. The summed E-state index contributed by atoms with van der Waals surface area (Å²) in [5.41, 5.74) is 2.59. The van der Waals surface area contributed by atoms with E-state index in [1.165, 1.54) is 17.7 Å². The van der Waals surface area contributed by atoms with Gasteiger partial charge in [0, 0.05) is 22.4 Å². The van der Waals surface area contributed by atoms with Crippen molar-refractivity contribution >= 4 is 33.0 Å². The SMILES string of the molecule is CC(Nc1ccc(NS(=O)(=O)c2ccc(Cl)cc2)cc1)c1ccccc1. The molecule has 0 aliphatic rings. The molecule has 0 aliphatic heterocycles. The van der Waals surface area contributed by atoms with Crippen LogP contribution in [0, 0.1) is 0 Å². The zero-order chi connectivity index (χ0) is 18.6. The van der Waals surface area contributed by atoms with Gasteiger partial charge in [-0.2, -0.15) is 0 Å². The van der Waals surface area contributed by atoms with Crippen LogP contribution in [-0.2, 0) is 10.0 Å². The van der Waals surface area contributed by atoms with Gasteiger partial charge in [-0.15, -0.1) is 0 Å². The van der Waals surface area contributed by atoms with E-state index in [4.69, 9.17) is 11.6 Å². The maximum absolute atomic E-state index is 12.4. The minimum Gasteiger partial charge on any atom is -0.379 e. The van der Waals surface area contributed by atoms with E-state index in [2.05, 4.69) is 29.1 Å². The molecule has 2 N–H and O–H groups in total. The average Bonchev–Trinajstić information content (AvgIpc) is 2.64. The standard InChI is InChI=1S/C20H19ClN2O2S/c1-15(16-5-3-2-4-6-16)22-18-9-11-19(12-10-18)23-26(24,25)20-13-7-17(21)8-14-20/h2-15,22-23H,1H3. The third kappa shape index (κ3) is 4.56. The second kappa shape index (κ2) is 7.81. The van der Waals surface area contributed by atoms with Crippen molar-refractivity contribution in [2.24, 2.45) is 0 Å². The van der Waals surface area contributed by atoms with E-state index < -0.39 is 10.0 Å². The Morgan fingerprint density at radius 1 is 0.808 bits per heavy atom. The van der Waals surface area contributed by atoms with Crippen LogP contribution >= 0.6 is 11.6 Å². The topological polar surface area (TPSA) is 58.2 Å². The molecule has 0 saturated carbocycles. The van der Waals surface area contributed by atoms with Crippen LogP contribution in [0.3, 0.4) is 0 Å². The van der Waals surface area contributed by atoms with E-state index in [0.717, 1.165) is 5.69 Å². The molecule has 0 bridgehead atoms. The number of nitrogens with one attached hydrogen (secondary N) is 2. The van der Waals surface area contributed by atoms with Crippen LogP contribution in [0.5, 0.6) is 0 Å². The summed E-state index contributed by atoms with van der Waals surface area (Å²) in [5.74, 6) is 0. The lowest BCUT2D eigenvalue weighted by molar-refractivity contribution is 0.601. The molecule has 3 rings (SSSR count). The highest BCUT2D eigenvalue weighted by Gasteiger charge is 2.14. The summed E-state index contributed by atoms with van der Waals surface area (Å²) in [7, 11) is -3.64. The first-order valence-electron chi connectivity index (χ1n) is 8.14. The predicted octanol–water partition coefficient (Wildman–Crippen LogP) is 5.31. The van der Waals surface area contributed by atoms with Crippen LogP contribution in [0.1, 0.15) is 18.5 Å². The van der Waals surface area contributed by atoms with E-state index >= 15 is 0 Å². The first kappa shape index (κ1) is 18.3. The number of hydrogen-bond acceptors (Lipinski definition) is 3. The molecule has 0 heterocycles. The summed E-state index contributed by atoms with van der Waals surface area (Å²) >= 11 is 5.80. The van der Waals surface area contributed by atoms with E-state index in [9.17, 15) is 8.42 Å². The molecule has 3 aromatic rings. The molecule has 0 radical (unpaired) electrons. The Morgan fingerprint density at radius 2 is 1.38 bits per heavy atom. The van der Waals surface area contributed by atoms with Crippen molar-refractivity contribution < 1.29 is 8.42 Å². The van der Waals surface area contributed by atoms with Crippen molar-refractivity contribution in [3.63, 3.8) is 0 Å². The van der Waals surface area contributed by atoms with Crippen molar-refractivity contribution in [1.82, 2.24) is 0 Å². The molecule has 0 saturated heterocycles. The molecule has 26 heavy (non-hydrogen) atoms. The van der Waals surface area contributed by atoms with Gasteiger partial charge < -0.3 is 5.32 Å². The van der Waals surface area contributed by atoms with Gasteiger partial charge in [-0.1, -0.05) is 41.9 Å². The molecule has 0 fully saturated rings. The van der Waals surface area contributed by atoms with Crippen LogP contribution in [0.25, 0.3) is 0 Å². The van der Waals surface area contributed by atoms with Crippen LogP contribution in [0.2, 0.25) is 5.02 Å². The van der Waals surface area contributed by atoms with Crippen molar-refractivity contribution in [2.75, 3.05) is 10.0 Å². The lowest BCUT2D eigenvalue weighted by Crippen LogP contribution is -2.13. The summed E-state index contributed by atoms with van der Waals surface area (Å²) in [4.78, 5) is 0.168. The highest BCUT2D eigenvalue weighted by Crippen LogP contribution is 2.22. The minimum absolute atomic E-state index is 0.146. The van der Waals surface area contributed by atoms with Gasteiger partial charge >= 0.3 is 0 Å². The van der Waals surface area contributed by atoms with Gasteiger partial charge in [0.15, 0.2) is 0 Å². The van der Waals surface area contributed by atoms with Crippen molar-refractivity contribution in [3.8, 4) is 0 Å². The third-order valence-electron chi connectivity index (χ3n) is 3.94. The number of hydrogen-bond donors (Lipinski definition) is 2. The monoisotopic (exact) mass is 386 g/mol. The minimum atomic E-state index is -3.64. The number of sulfonamides is 1. The zero-order valence-electron chi connectivity index (χ0n) is 14.2. The molecule has 1 atom stereocenters. The Balaban J connectivity index is 1.68. The lowest BCUT2D eigenvalue weighted by atomic mass is 10.1. The molecule has 1 unspecified atom stereocenters. The summed E-state index contributed by atoms with van der Waals surface area (Å²) in [5, 5.41) is 3.89. The van der Waals surface area contributed by atoms with Crippen LogP contribution < -0.4 is 10.0 Å². The van der Waals surface area contributed by atoms with Gasteiger partial charge in [0.25, 0.3) is 10.0 Å². The highest BCUT2D eigenvalue weighted by molar-refractivity contribution is 7.92. The van der Waals surface area contributed by atoms with Crippen molar-refractivity contribution in [1.29, 1.82) is 0 Å². The summed E-state index contributed by atoms with van der Waals surface area (Å²) in [6.07, 6.45) is 0. The Bertz CT molecular complexity index is 957. The number of rotatable bonds is 6. The van der Waals surface area contributed by atoms with Gasteiger partial charge in [0.05, 0.1) is 4.90 Å². The lowest BCUT2D eigenvalue weighted by Gasteiger charge is -2.16. The fourth-order valence-electron chi connectivity index (χ4n) is 2.54. The number of anilines is 2. The molecular formula is C20H19ClN2O2S. The smallest absolute Gasteiger partial charge is 0.261 e. The Kier molecular flexibility index (Phi) is 5.49. The largest absolute Gasteiger partial charge is 0.379 e. The van der Waals surface area contributed by atoms with Crippen LogP contribution in [0.15, 0.2) is 83.8 Å². The second-order valence-corrected chi connectivity index (χ2v) is 8.03. The fourth-order valence-corrected chi connectivity index (χ4v) is 3.72.